The van der Waals surface area contributed by atoms with E-state index in [0.29, 0.717) is 0 Å². The van der Waals surface area contributed by atoms with Crippen LogP contribution in [0.3, 0.4) is 0 Å². The Balaban J connectivity index is 2.37. The summed E-state index contributed by atoms with van der Waals surface area (Å²) in [4.78, 5) is 0.256. The molecule has 2 aromatic rings. The minimum absolute atomic E-state index is 0.0735. The van der Waals surface area contributed by atoms with E-state index in [9.17, 15) is 8.42 Å². The topological polar surface area (TPSA) is 59.3 Å². The van der Waals surface area contributed by atoms with Crippen LogP contribution in [0.25, 0.3) is 6.08 Å². The lowest BCUT2D eigenvalue weighted by atomic mass is 10.2. The van der Waals surface area contributed by atoms with Crippen LogP contribution in [0.15, 0.2) is 53.7 Å². The molecule has 0 aliphatic heterocycles. The Kier molecular flexibility index (Phi) is 3.87. The Hall–Kier alpha value is -1.85. The predicted molar refractivity (Wildman–Crippen MR) is 74.3 cm³/mol. The molecule has 0 radical (unpaired) electrons. The van der Waals surface area contributed by atoms with Crippen LogP contribution in [-0.2, 0) is 10.0 Å². The number of nitrogens with zero attached hydrogens (tertiary/aromatic N) is 1. The van der Waals surface area contributed by atoms with Gasteiger partial charge >= 0.3 is 0 Å². The molecule has 0 amide bonds. The molecule has 1 aromatic carbocycles. The fourth-order valence-corrected chi connectivity index (χ4v) is 2.87. The van der Waals surface area contributed by atoms with Gasteiger partial charge in [-0.05, 0) is 30.7 Å². The molecule has 1 heterocycles. The van der Waals surface area contributed by atoms with E-state index >= 15 is 0 Å². The molecule has 0 spiro atoms. The molecule has 0 saturated carbocycles. The SMILES string of the molecule is Cc1ccc(S(=O)(=O)n2ccc(/C=C/CO)c2)cc1. The standard InChI is InChI=1S/C14H15NO3S/c1-12-4-6-14(7-5-12)19(17,18)15-9-8-13(11-15)3-2-10-16/h2-9,11,16H,10H2,1H3/b3-2+. The number of aryl methyl sites for hydroxylation is 1. The van der Waals surface area contributed by atoms with Gasteiger partial charge in [-0.3, -0.25) is 0 Å². The largest absolute Gasteiger partial charge is 0.392 e. The van der Waals surface area contributed by atoms with E-state index in [0.717, 1.165) is 11.1 Å². The van der Waals surface area contributed by atoms with Gasteiger partial charge in [-0.2, -0.15) is 0 Å². The van der Waals surface area contributed by atoms with Crippen LogP contribution in [0.4, 0.5) is 0 Å². The normalized spacial score (nSPS) is 12.1. The third kappa shape index (κ3) is 2.94. The highest BCUT2D eigenvalue weighted by Crippen LogP contribution is 2.16. The highest BCUT2D eigenvalue weighted by molar-refractivity contribution is 7.90. The summed E-state index contributed by atoms with van der Waals surface area (Å²) in [6, 6.07) is 8.39. The van der Waals surface area contributed by atoms with Crippen LogP contribution < -0.4 is 0 Å². The number of aromatic nitrogens is 1. The van der Waals surface area contributed by atoms with Crippen molar-refractivity contribution in [3.05, 3.63) is 59.9 Å². The first-order valence-corrected chi connectivity index (χ1v) is 7.26. The maximum atomic E-state index is 12.3. The lowest BCUT2D eigenvalue weighted by Gasteiger charge is -2.05. The molecule has 1 N–H and O–H groups in total. The van der Waals surface area contributed by atoms with E-state index in [1.165, 1.54) is 16.4 Å². The summed E-state index contributed by atoms with van der Waals surface area (Å²) < 4.78 is 25.8. The van der Waals surface area contributed by atoms with Gasteiger partial charge in [-0.1, -0.05) is 29.8 Å². The van der Waals surface area contributed by atoms with Crippen molar-refractivity contribution in [3.63, 3.8) is 0 Å². The quantitative estimate of drug-likeness (QED) is 0.930. The Morgan fingerprint density at radius 2 is 1.89 bits per heavy atom. The summed E-state index contributed by atoms with van der Waals surface area (Å²) in [5.74, 6) is 0. The number of hydrogen-bond donors (Lipinski definition) is 1. The third-order valence-corrected chi connectivity index (χ3v) is 4.35. The first kappa shape index (κ1) is 13.6. The van der Waals surface area contributed by atoms with Gasteiger partial charge in [-0.25, -0.2) is 12.4 Å². The van der Waals surface area contributed by atoms with Crippen molar-refractivity contribution in [1.29, 1.82) is 0 Å². The lowest BCUT2D eigenvalue weighted by Crippen LogP contribution is -2.10. The van der Waals surface area contributed by atoms with Gasteiger partial charge < -0.3 is 5.11 Å². The van der Waals surface area contributed by atoms with E-state index in [-0.39, 0.29) is 11.5 Å². The van der Waals surface area contributed by atoms with Crippen LogP contribution in [0.2, 0.25) is 0 Å². The Labute approximate surface area is 112 Å². The van der Waals surface area contributed by atoms with Crippen molar-refractivity contribution >= 4 is 16.1 Å². The second-order valence-corrected chi connectivity index (χ2v) is 6.02. The van der Waals surface area contributed by atoms with Gasteiger partial charge in [0.2, 0.25) is 0 Å². The van der Waals surface area contributed by atoms with Gasteiger partial charge in [0.05, 0.1) is 11.5 Å². The molecule has 4 nitrogen and oxygen atoms in total. The summed E-state index contributed by atoms with van der Waals surface area (Å²) in [5, 5.41) is 8.69. The maximum Gasteiger partial charge on any atom is 0.267 e. The number of aliphatic hydroxyl groups is 1. The number of rotatable bonds is 4. The molecule has 2 rings (SSSR count). The molecule has 0 aliphatic carbocycles. The molecule has 0 saturated heterocycles. The summed E-state index contributed by atoms with van der Waals surface area (Å²) >= 11 is 0. The molecule has 0 fully saturated rings. The zero-order chi connectivity index (χ0) is 13.9. The zero-order valence-corrected chi connectivity index (χ0v) is 11.3. The van der Waals surface area contributed by atoms with Crippen LogP contribution >= 0.6 is 0 Å². The first-order chi connectivity index (χ1) is 9.04. The van der Waals surface area contributed by atoms with Gasteiger partial charge in [0.1, 0.15) is 0 Å². The van der Waals surface area contributed by atoms with Crippen LogP contribution in [-0.4, -0.2) is 24.1 Å². The minimum atomic E-state index is -3.54. The van der Waals surface area contributed by atoms with Crippen LogP contribution in [0.5, 0.6) is 0 Å². The van der Waals surface area contributed by atoms with Gasteiger partial charge in [0.15, 0.2) is 0 Å². The van der Waals surface area contributed by atoms with Gasteiger partial charge in [-0.15, -0.1) is 0 Å². The van der Waals surface area contributed by atoms with Crippen molar-refractivity contribution in [3.8, 4) is 0 Å². The minimum Gasteiger partial charge on any atom is -0.392 e. The van der Waals surface area contributed by atoms with Crippen molar-refractivity contribution in [1.82, 2.24) is 3.97 Å². The highest BCUT2D eigenvalue weighted by Gasteiger charge is 2.15. The third-order valence-electron chi connectivity index (χ3n) is 2.70. The maximum absolute atomic E-state index is 12.3. The highest BCUT2D eigenvalue weighted by atomic mass is 32.2. The van der Waals surface area contributed by atoms with Gasteiger partial charge in [0, 0.05) is 12.4 Å². The van der Waals surface area contributed by atoms with Crippen LogP contribution in [0.1, 0.15) is 11.1 Å². The smallest absolute Gasteiger partial charge is 0.267 e. The first-order valence-electron chi connectivity index (χ1n) is 5.81. The Bertz CT molecular complexity index is 682. The molecular weight excluding hydrogens is 262 g/mol. The number of hydrogen-bond acceptors (Lipinski definition) is 3. The number of aliphatic hydroxyl groups excluding tert-OH is 1. The lowest BCUT2D eigenvalue weighted by molar-refractivity contribution is 0.343. The summed E-state index contributed by atoms with van der Waals surface area (Å²) in [7, 11) is -3.54. The molecule has 0 bridgehead atoms. The van der Waals surface area contributed by atoms with E-state index < -0.39 is 10.0 Å². The molecule has 0 atom stereocenters. The summed E-state index contributed by atoms with van der Waals surface area (Å²) in [6.07, 6.45) is 6.23. The van der Waals surface area contributed by atoms with E-state index in [1.807, 2.05) is 6.92 Å². The van der Waals surface area contributed by atoms with E-state index in [1.54, 1.807) is 42.5 Å². The van der Waals surface area contributed by atoms with Crippen molar-refractivity contribution < 1.29 is 13.5 Å². The Morgan fingerprint density at radius 1 is 1.21 bits per heavy atom. The molecule has 19 heavy (non-hydrogen) atoms. The second kappa shape index (κ2) is 5.42. The monoisotopic (exact) mass is 277 g/mol. The molecule has 0 aliphatic rings. The average molecular weight is 277 g/mol. The van der Waals surface area contributed by atoms with E-state index in [4.69, 9.17) is 5.11 Å². The second-order valence-electron chi connectivity index (χ2n) is 4.18. The zero-order valence-electron chi connectivity index (χ0n) is 10.5. The van der Waals surface area contributed by atoms with Gasteiger partial charge in [0.25, 0.3) is 10.0 Å². The molecular formula is C14H15NO3S. The van der Waals surface area contributed by atoms with Crippen molar-refractivity contribution in [2.45, 2.75) is 11.8 Å². The molecule has 0 unspecified atom stereocenters. The predicted octanol–water partition coefficient (Wildman–Crippen LogP) is 2.04. The Morgan fingerprint density at radius 3 is 2.53 bits per heavy atom. The van der Waals surface area contributed by atoms with Crippen molar-refractivity contribution in [2.75, 3.05) is 6.61 Å². The van der Waals surface area contributed by atoms with E-state index in [2.05, 4.69) is 0 Å². The van der Waals surface area contributed by atoms with Crippen LogP contribution in [0, 0.1) is 6.92 Å². The number of benzene rings is 1. The molecule has 100 valence electrons. The average Bonchev–Trinajstić information content (AvgIpc) is 2.86. The molecule has 5 heteroatoms. The molecule has 1 aromatic heterocycles. The fourth-order valence-electron chi connectivity index (χ4n) is 1.66. The summed E-state index contributed by atoms with van der Waals surface area (Å²) in [5.41, 5.74) is 1.74. The van der Waals surface area contributed by atoms with Crippen molar-refractivity contribution in [2.24, 2.45) is 0 Å². The summed E-state index contributed by atoms with van der Waals surface area (Å²) in [6.45, 7) is 1.83. The fraction of sp³-hybridized carbons (Fsp3) is 0.143.